The Bertz CT molecular complexity index is 864. The second-order valence-corrected chi connectivity index (χ2v) is 8.38. The number of para-hydroxylation sites is 1. The van der Waals surface area contributed by atoms with E-state index in [2.05, 4.69) is 11.4 Å². The van der Waals surface area contributed by atoms with Gasteiger partial charge in [0.25, 0.3) is 0 Å². The smallest absolute Gasteiger partial charge is 0.241 e. The van der Waals surface area contributed by atoms with E-state index in [1.54, 1.807) is 30.3 Å². The Hall–Kier alpha value is -2.34. The maximum absolute atomic E-state index is 12.6. The van der Waals surface area contributed by atoms with Crippen molar-refractivity contribution in [1.29, 1.82) is 0 Å². The van der Waals surface area contributed by atoms with Crippen LogP contribution in [0.25, 0.3) is 0 Å². The van der Waals surface area contributed by atoms with Crippen LogP contribution in [0.4, 0.5) is 5.69 Å². The average Bonchev–Trinajstić information content (AvgIpc) is 2.60. The first-order valence-corrected chi connectivity index (χ1v) is 10.5. The van der Waals surface area contributed by atoms with Gasteiger partial charge in [-0.25, -0.2) is 8.42 Å². The number of amides is 1. The van der Waals surface area contributed by atoms with Crippen LogP contribution in [0.3, 0.4) is 0 Å². The number of rotatable bonds is 7. The highest BCUT2D eigenvalue weighted by Crippen LogP contribution is 2.21. The van der Waals surface area contributed by atoms with Crippen LogP contribution in [-0.4, -0.2) is 27.1 Å². The topological polar surface area (TPSA) is 66.5 Å². The number of carbonyl (C=O) groups excluding carboxylic acids is 1. The number of hydrogen-bond donors (Lipinski definition) is 1. The summed E-state index contributed by atoms with van der Waals surface area (Å²) in [4.78, 5) is 12.6. The first-order chi connectivity index (χ1) is 12.2. The molecule has 2 aromatic carbocycles. The average molecular weight is 375 g/mol. The number of nitrogens with zero attached hydrogens (tertiary/aromatic N) is 1. The molecule has 0 saturated carbocycles. The molecule has 0 spiro atoms. The summed E-state index contributed by atoms with van der Waals surface area (Å²) in [6.07, 6.45) is 1.83. The van der Waals surface area contributed by atoms with Crippen molar-refractivity contribution in [2.75, 3.05) is 17.1 Å². The van der Waals surface area contributed by atoms with Crippen molar-refractivity contribution in [3.05, 3.63) is 65.2 Å². The highest BCUT2D eigenvalue weighted by atomic mass is 32.2. The van der Waals surface area contributed by atoms with Gasteiger partial charge < -0.3 is 5.32 Å². The molecule has 0 fully saturated rings. The van der Waals surface area contributed by atoms with Crippen LogP contribution in [-0.2, 0) is 14.8 Å². The molecule has 0 aliphatic heterocycles. The number of nitrogens with one attached hydrogen (secondary N) is 1. The van der Waals surface area contributed by atoms with Gasteiger partial charge in [0.1, 0.15) is 6.54 Å². The normalized spacial score (nSPS) is 12.5. The van der Waals surface area contributed by atoms with Crippen molar-refractivity contribution >= 4 is 21.6 Å². The van der Waals surface area contributed by atoms with Gasteiger partial charge in [-0.05, 0) is 49.1 Å². The van der Waals surface area contributed by atoms with Crippen molar-refractivity contribution in [2.24, 2.45) is 0 Å². The first kappa shape index (κ1) is 20.0. The van der Waals surface area contributed by atoms with Gasteiger partial charge in [0.2, 0.25) is 15.9 Å². The molecule has 1 amide bonds. The highest BCUT2D eigenvalue weighted by molar-refractivity contribution is 7.92. The Morgan fingerprint density at radius 2 is 1.73 bits per heavy atom. The van der Waals surface area contributed by atoms with E-state index in [9.17, 15) is 13.2 Å². The Kier molecular flexibility index (Phi) is 6.42. The zero-order valence-corrected chi connectivity index (χ0v) is 16.5. The van der Waals surface area contributed by atoms with Crippen molar-refractivity contribution in [2.45, 2.75) is 33.2 Å². The van der Waals surface area contributed by atoms with E-state index in [0.717, 1.165) is 28.1 Å². The molecule has 0 aromatic heterocycles. The molecular weight excluding hydrogens is 348 g/mol. The second kappa shape index (κ2) is 8.36. The predicted molar refractivity (Wildman–Crippen MR) is 106 cm³/mol. The van der Waals surface area contributed by atoms with Gasteiger partial charge in [0.15, 0.2) is 0 Å². The third kappa shape index (κ3) is 5.08. The van der Waals surface area contributed by atoms with Crippen LogP contribution in [0.2, 0.25) is 0 Å². The summed E-state index contributed by atoms with van der Waals surface area (Å²) >= 11 is 0. The van der Waals surface area contributed by atoms with E-state index in [1.165, 1.54) is 5.56 Å². The second-order valence-electron chi connectivity index (χ2n) is 6.48. The molecular formula is C20H26N2O3S. The third-order valence-electron chi connectivity index (χ3n) is 4.41. The summed E-state index contributed by atoms with van der Waals surface area (Å²) in [6, 6.07) is 14.6. The van der Waals surface area contributed by atoms with Crippen molar-refractivity contribution in [3.8, 4) is 0 Å². The molecule has 2 rings (SSSR count). The summed E-state index contributed by atoms with van der Waals surface area (Å²) in [7, 11) is -3.56. The minimum atomic E-state index is -3.56. The molecule has 26 heavy (non-hydrogen) atoms. The number of sulfonamides is 1. The number of benzene rings is 2. The van der Waals surface area contributed by atoms with Gasteiger partial charge >= 0.3 is 0 Å². The minimum Gasteiger partial charge on any atom is -0.348 e. The number of hydrogen-bond acceptors (Lipinski definition) is 3. The maximum Gasteiger partial charge on any atom is 0.241 e. The van der Waals surface area contributed by atoms with E-state index in [0.29, 0.717) is 5.69 Å². The lowest BCUT2D eigenvalue weighted by Gasteiger charge is -2.24. The minimum absolute atomic E-state index is 0.154. The van der Waals surface area contributed by atoms with Crippen molar-refractivity contribution in [1.82, 2.24) is 5.32 Å². The summed E-state index contributed by atoms with van der Waals surface area (Å²) in [5, 5.41) is 2.96. The molecule has 2 aromatic rings. The predicted octanol–water partition coefficient (Wildman–Crippen LogP) is 3.34. The lowest BCUT2D eigenvalue weighted by Crippen LogP contribution is -2.41. The Morgan fingerprint density at radius 3 is 2.27 bits per heavy atom. The monoisotopic (exact) mass is 374 g/mol. The molecule has 0 aliphatic carbocycles. The van der Waals surface area contributed by atoms with Gasteiger partial charge in [0, 0.05) is 0 Å². The van der Waals surface area contributed by atoms with Crippen LogP contribution < -0.4 is 9.62 Å². The molecule has 6 heteroatoms. The zero-order chi connectivity index (χ0) is 19.3. The van der Waals surface area contributed by atoms with Gasteiger partial charge in [0.05, 0.1) is 18.0 Å². The van der Waals surface area contributed by atoms with Gasteiger partial charge in [-0.3, -0.25) is 9.10 Å². The third-order valence-corrected chi connectivity index (χ3v) is 5.55. The molecule has 0 radical (unpaired) electrons. The largest absolute Gasteiger partial charge is 0.348 e. The molecule has 0 aliphatic rings. The summed E-state index contributed by atoms with van der Waals surface area (Å²) in [5.74, 6) is -0.329. The maximum atomic E-state index is 12.6. The molecule has 140 valence electrons. The van der Waals surface area contributed by atoms with Crippen LogP contribution in [0.15, 0.2) is 48.5 Å². The number of carbonyl (C=O) groups is 1. The first-order valence-electron chi connectivity index (χ1n) is 8.61. The van der Waals surface area contributed by atoms with Gasteiger partial charge in [-0.1, -0.05) is 43.3 Å². The van der Waals surface area contributed by atoms with Crippen LogP contribution in [0.5, 0.6) is 0 Å². The SMILES string of the molecule is CC[C@@H](NC(=O)CN(c1ccccc1)S(C)(=O)=O)c1ccc(C)c(C)c1. The van der Waals surface area contributed by atoms with Crippen molar-refractivity contribution < 1.29 is 13.2 Å². The Morgan fingerprint density at radius 1 is 1.08 bits per heavy atom. The molecule has 1 atom stereocenters. The Labute approximate surface area is 156 Å². The molecule has 0 heterocycles. The van der Waals surface area contributed by atoms with Gasteiger partial charge in [-0.15, -0.1) is 0 Å². The summed E-state index contributed by atoms with van der Waals surface area (Å²) in [6.45, 7) is 5.83. The quantitative estimate of drug-likeness (QED) is 0.808. The van der Waals surface area contributed by atoms with E-state index >= 15 is 0 Å². The van der Waals surface area contributed by atoms with Gasteiger partial charge in [-0.2, -0.15) is 0 Å². The van der Waals surface area contributed by atoms with E-state index in [4.69, 9.17) is 0 Å². The molecule has 5 nitrogen and oxygen atoms in total. The Balaban J connectivity index is 2.17. The lowest BCUT2D eigenvalue weighted by molar-refractivity contribution is -0.120. The van der Waals surface area contributed by atoms with Crippen molar-refractivity contribution in [3.63, 3.8) is 0 Å². The lowest BCUT2D eigenvalue weighted by atomic mass is 9.99. The van der Waals surface area contributed by atoms with Crippen LogP contribution in [0.1, 0.15) is 36.1 Å². The van der Waals surface area contributed by atoms with Crippen LogP contribution >= 0.6 is 0 Å². The zero-order valence-electron chi connectivity index (χ0n) is 15.7. The molecule has 1 N–H and O–H groups in total. The summed E-state index contributed by atoms with van der Waals surface area (Å²) in [5.41, 5.74) is 3.86. The highest BCUT2D eigenvalue weighted by Gasteiger charge is 2.22. The fourth-order valence-electron chi connectivity index (χ4n) is 2.77. The molecule has 0 bridgehead atoms. The molecule has 0 unspecified atom stereocenters. The van der Waals surface area contributed by atoms with Crippen LogP contribution in [0, 0.1) is 13.8 Å². The van der Waals surface area contributed by atoms with E-state index in [1.807, 2.05) is 32.9 Å². The van der Waals surface area contributed by atoms with E-state index < -0.39 is 10.0 Å². The summed E-state index contributed by atoms with van der Waals surface area (Å²) < 4.78 is 25.4. The fourth-order valence-corrected chi connectivity index (χ4v) is 3.62. The fraction of sp³-hybridized carbons (Fsp3) is 0.350. The number of anilines is 1. The standard InChI is InChI=1S/C20H26N2O3S/c1-5-19(17-12-11-15(2)16(3)13-17)21-20(23)14-22(26(4,24)25)18-9-7-6-8-10-18/h6-13,19H,5,14H2,1-4H3,(H,21,23)/t19-/m1/s1. The van der Waals surface area contributed by atoms with E-state index in [-0.39, 0.29) is 18.5 Å². The molecule has 0 saturated heterocycles. The number of aryl methyl sites for hydroxylation is 2.